The number of nitrogens with zero attached hydrogens (tertiary/aromatic N) is 1. The van der Waals surface area contributed by atoms with Crippen LogP contribution in [0.4, 0.5) is 0 Å². The maximum atomic E-state index is 12.7. The van der Waals surface area contributed by atoms with Gasteiger partial charge in [0.2, 0.25) is 17.7 Å². The number of rotatable bonds is 15. The quantitative estimate of drug-likeness (QED) is 0.0717. The largest absolute Gasteiger partial charge is 0.480 e. The number of carbonyl (C=O) groups is 4. The van der Waals surface area contributed by atoms with Crippen molar-refractivity contribution in [2.45, 2.75) is 71.1 Å². The van der Waals surface area contributed by atoms with Gasteiger partial charge in [-0.2, -0.15) is 0 Å². The third-order valence-corrected chi connectivity index (χ3v) is 4.68. The Morgan fingerprint density at radius 1 is 0.909 bits per heavy atom. The molecule has 3 amide bonds. The predicted octanol–water partition coefficient (Wildman–Crippen LogP) is -2.40. The van der Waals surface area contributed by atoms with E-state index in [2.05, 4.69) is 20.9 Å². The van der Waals surface area contributed by atoms with E-state index in [9.17, 15) is 29.4 Å². The Balaban J connectivity index is 5.11. The summed E-state index contributed by atoms with van der Waals surface area (Å²) in [4.78, 5) is 52.7. The topological polar surface area (TPSA) is 235 Å². The second kappa shape index (κ2) is 15.0. The van der Waals surface area contributed by atoms with E-state index in [1.165, 1.54) is 0 Å². The number of nitrogens with one attached hydrogen (secondary N) is 3. The lowest BCUT2D eigenvalue weighted by molar-refractivity contribution is -0.142. The minimum atomic E-state index is -1.42. The molecule has 0 aliphatic rings. The molecular formula is C20H39N7O6. The molecule has 0 saturated heterocycles. The highest BCUT2D eigenvalue weighted by Crippen LogP contribution is 2.07. The van der Waals surface area contributed by atoms with Gasteiger partial charge in [0.1, 0.15) is 18.1 Å². The van der Waals surface area contributed by atoms with E-state index >= 15 is 0 Å². The van der Waals surface area contributed by atoms with Gasteiger partial charge in [0.15, 0.2) is 5.96 Å². The van der Waals surface area contributed by atoms with Crippen LogP contribution in [-0.4, -0.2) is 77.2 Å². The molecule has 13 nitrogen and oxygen atoms in total. The number of hydrogen-bond donors (Lipinski definition) is 8. The monoisotopic (exact) mass is 473 g/mol. The van der Waals surface area contributed by atoms with Crippen LogP contribution in [0, 0.1) is 11.8 Å². The Hall–Kier alpha value is -2.93. The molecule has 0 fully saturated rings. The molecule has 33 heavy (non-hydrogen) atoms. The second-order valence-corrected chi connectivity index (χ2v) is 8.56. The van der Waals surface area contributed by atoms with Crippen LogP contribution in [0.5, 0.6) is 0 Å². The number of carboxylic acids is 1. The number of aliphatic imine (C=N–C) groups is 1. The minimum Gasteiger partial charge on any atom is -0.480 e. The van der Waals surface area contributed by atoms with Crippen molar-refractivity contribution >= 4 is 29.7 Å². The van der Waals surface area contributed by atoms with Crippen molar-refractivity contribution in [2.24, 2.45) is 34.0 Å². The highest BCUT2D eigenvalue weighted by molar-refractivity contribution is 5.94. The van der Waals surface area contributed by atoms with Crippen LogP contribution in [0.2, 0.25) is 0 Å². The molecule has 4 unspecified atom stereocenters. The Morgan fingerprint density at radius 3 is 1.94 bits per heavy atom. The first-order valence-corrected chi connectivity index (χ1v) is 10.9. The molecule has 0 aliphatic heterocycles. The normalized spacial score (nSPS) is 14.7. The molecule has 0 saturated carbocycles. The summed E-state index contributed by atoms with van der Waals surface area (Å²) in [5.74, 6) is -3.68. The molecule has 0 aromatic rings. The number of nitrogens with two attached hydrogens (primary N) is 3. The number of guanidine groups is 1. The van der Waals surface area contributed by atoms with Gasteiger partial charge in [-0.15, -0.1) is 0 Å². The molecule has 0 aromatic carbocycles. The maximum Gasteiger partial charge on any atom is 0.326 e. The summed E-state index contributed by atoms with van der Waals surface area (Å²) in [6.45, 7) is 6.62. The Kier molecular flexibility index (Phi) is 13.7. The van der Waals surface area contributed by atoms with Crippen LogP contribution in [0.3, 0.4) is 0 Å². The zero-order valence-electron chi connectivity index (χ0n) is 19.7. The molecule has 0 spiro atoms. The summed E-state index contributed by atoms with van der Waals surface area (Å²) in [5.41, 5.74) is 16.3. The molecule has 0 bridgehead atoms. The predicted molar refractivity (Wildman–Crippen MR) is 123 cm³/mol. The van der Waals surface area contributed by atoms with Crippen LogP contribution < -0.4 is 33.2 Å². The van der Waals surface area contributed by atoms with Crippen LogP contribution in [0.25, 0.3) is 0 Å². The molecule has 13 heteroatoms. The van der Waals surface area contributed by atoms with Crippen LogP contribution in [0.15, 0.2) is 4.99 Å². The third-order valence-electron chi connectivity index (χ3n) is 4.68. The van der Waals surface area contributed by atoms with Crippen LogP contribution in [-0.2, 0) is 19.2 Å². The highest BCUT2D eigenvalue weighted by Gasteiger charge is 2.31. The zero-order valence-corrected chi connectivity index (χ0v) is 19.7. The van der Waals surface area contributed by atoms with Gasteiger partial charge in [-0.3, -0.25) is 19.4 Å². The lowest BCUT2D eigenvalue weighted by Gasteiger charge is -2.26. The summed E-state index contributed by atoms with van der Waals surface area (Å²) < 4.78 is 0. The number of aliphatic hydroxyl groups is 1. The summed E-state index contributed by atoms with van der Waals surface area (Å²) in [5, 5.41) is 26.1. The molecule has 0 rings (SSSR count). The van der Waals surface area contributed by atoms with Crippen LogP contribution >= 0.6 is 0 Å². The van der Waals surface area contributed by atoms with Crippen molar-refractivity contribution in [3.05, 3.63) is 0 Å². The summed E-state index contributed by atoms with van der Waals surface area (Å²) in [7, 11) is 0. The average molecular weight is 474 g/mol. The molecule has 11 N–H and O–H groups in total. The molecule has 0 aromatic heterocycles. The summed E-state index contributed by atoms with van der Waals surface area (Å²) >= 11 is 0. The standard InChI is InChI=1S/C20H39N7O6/c1-10(2)8-12(21)16(29)27-15(11(3)4)18(31)26-14(9-28)17(30)25-13(19(32)33)6-5-7-24-20(22)23/h10-15,28H,5-9,21H2,1-4H3,(H,25,30)(H,26,31)(H,27,29)(H,32,33)(H4,22,23,24). The van der Waals surface area contributed by atoms with Gasteiger partial charge in [-0.05, 0) is 31.1 Å². The van der Waals surface area contributed by atoms with Crippen molar-refractivity contribution in [3.63, 3.8) is 0 Å². The van der Waals surface area contributed by atoms with Gasteiger partial charge in [0.25, 0.3) is 0 Å². The molecule has 0 aliphatic carbocycles. The van der Waals surface area contributed by atoms with Gasteiger partial charge in [0.05, 0.1) is 12.6 Å². The zero-order chi connectivity index (χ0) is 25.7. The van der Waals surface area contributed by atoms with E-state index in [4.69, 9.17) is 17.2 Å². The van der Waals surface area contributed by atoms with E-state index in [-0.39, 0.29) is 37.2 Å². The first-order valence-electron chi connectivity index (χ1n) is 10.9. The summed E-state index contributed by atoms with van der Waals surface area (Å²) in [6.07, 6.45) is 0.742. The van der Waals surface area contributed by atoms with Gasteiger partial charge < -0.3 is 43.4 Å². The molecule has 0 radical (unpaired) electrons. The molecular weight excluding hydrogens is 434 g/mol. The third kappa shape index (κ3) is 12.0. The highest BCUT2D eigenvalue weighted by atomic mass is 16.4. The summed E-state index contributed by atoms with van der Waals surface area (Å²) in [6, 6.07) is -4.49. The maximum absolute atomic E-state index is 12.7. The first kappa shape index (κ1) is 30.1. The molecule has 4 atom stereocenters. The van der Waals surface area contributed by atoms with Crippen molar-refractivity contribution in [1.29, 1.82) is 0 Å². The Bertz CT molecular complexity index is 694. The number of amides is 3. The van der Waals surface area contributed by atoms with E-state index < -0.39 is 54.5 Å². The van der Waals surface area contributed by atoms with Crippen molar-refractivity contribution in [1.82, 2.24) is 16.0 Å². The molecule has 0 heterocycles. The van der Waals surface area contributed by atoms with Crippen molar-refractivity contribution in [2.75, 3.05) is 13.2 Å². The first-order chi connectivity index (χ1) is 15.3. The fourth-order valence-electron chi connectivity index (χ4n) is 2.90. The number of hydrogen-bond acceptors (Lipinski definition) is 7. The minimum absolute atomic E-state index is 0.0301. The number of aliphatic carboxylic acids is 1. The van der Waals surface area contributed by atoms with Crippen molar-refractivity contribution < 1.29 is 29.4 Å². The van der Waals surface area contributed by atoms with Gasteiger partial charge in [-0.25, -0.2) is 4.79 Å². The number of aliphatic hydroxyl groups excluding tert-OH is 1. The molecule has 190 valence electrons. The number of carboxylic acid groups (broad SMARTS) is 1. The van der Waals surface area contributed by atoms with Gasteiger partial charge in [-0.1, -0.05) is 27.7 Å². The average Bonchev–Trinajstić information content (AvgIpc) is 2.70. The van der Waals surface area contributed by atoms with Crippen LogP contribution in [0.1, 0.15) is 47.0 Å². The van der Waals surface area contributed by atoms with E-state index in [0.29, 0.717) is 6.42 Å². The number of carbonyl (C=O) groups excluding carboxylic acids is 3. The Morgan fingerprint density at radius 2 is 1.48 bits per heavy atom. The van der Waals surface area contributed by atoms with E-state index in [0.717, 1.165) is 0 Å². The van der Waals surface area contributed by atoms with E-state index in [1.807, 2.05) is 13.8 Å². The SMILES string of the molecule is CC(C)CC(N)C(=O)NC(C(=O)NC(CO)C(=O)NC(CCCN=C(N)N)C(=O)O)C(C)C. The van der Waals surface area contributed by atoms with Crippen molar-refractivity contribution in [3.8, 4) is 0 Å². The second-order valence-electron chi connectivity index (χ2n) is 8.56. The fraction of sp³-hybridized carbons (Fsp3) is 0.750. The Labute approximate surface area is 193 Å². The van der Waals surface area contributed by atoms with Gasteiger partial charge in [0, 0.05) is 6.54 Å². The van der Waals surface area contributed by atoms with E-state index in [1.54, 1.807) is 13.8 Å². The smallest absolute Gasteiger partial charge is 0.326 e. The lowest BCUT2D eigenvalue weighted by Crippen LogP contribution is -2.59. The fourth-order valence-corrected chi connectivity index (χ4v) is 2.90. The van der Waals surface area contributed by atoms with Gasteiger partial charge >= 0.3 is 5.97 Å². The lowest BCUT2D eigenvalue weighted by atomic mass is 10.00.